The van der Waals surface area contributed by atoms with Gasteiger partial charge in [-0.05, 0) is 36.7 Å². The summed E-state index contributed by atoms with van der Waals surface area (Å²) < 4.78 is 26.5. The Balaban J connectivity index is 1.99. The first-order valence-electron chi connectivity index (χ1n) is 6.62. The van der Waals surface area contributed by atoms with Crippen LogP contribution in [0.25, 0.3) is 0 Å². The van der Waals surface area contributed by atoms with Gasteiger partial charge in [-0.25, -0.2) is 8.78 Å². The van der Waals surface area contributed by atoms with E-state index in [4.69, 9.17) is 5.73 Å². The number of nitrogens with one attached hydrogen (secondary N) is 1. The van der Waals surface area contributed by atoms with Gasteiger partial charge in [0.15, 0.2) is 11.6 Å². The molecule has 0 atom stereocenters. The number of nitrogens with two attached hydrogens (primary N) is 1. The standard InChI is InChI=1S/C16H16F2N2O/c17-14-3-1-2-12(16(14)18)10-15(21)20-13-6-4-11(5-7-13)8-9-19/h1-7H,8-10,19H2,(H,20,21). The van der Waals surface area contributed by atoms with E-state index in [1.54, 1.807) is 12.1 Å². The molecule has 0 unspecified atom stereocenters. The number of benzene rings is 2. The van der Waals surface area contributed by atoms with E-state index in [9.17, 15) is 13.6 Å². The van der Waals surface area contributed by atoms with Gasteiger partial charge in [0, 0.05) is 11.3 Å². The van der Waals surface area contributed by atoms with Gasteiger partial charge in [-0.1, -0.05) is 24.3 Å². The maximum Gasteiger partial charge on any atom is 0.228 e. The lowest BCUT2D eigenvalue weighted by Crippen LogP contribution is -2.15. The molecule has 3 N–H and O–H groups in total. The van der Waals surface area contributed by atoms with Gasteiger partial charge in [-0.2, -0.15) is 0 Å². The van der Waals surface area contributed by atoms with E-state index < -0.39 is 17.5 Å². The van der Waals surface area contributed by atoms with E-state index in [1.165, 1.54) is 12.1 Å². The van der Waals surface area contributed by atoms with Gasteiger partial charge in [0.2, 0.25) is 5.91 Å². The van der Waals surface area contributed by atoms with Gasteiger partial charge in [0.05, 0.1) is 6.42 Å². The summed E-state index contributed by atoms with van der Waals surface area (Å²) in [6.45, 7) is 0.560. The Morgan fingerprint density at radius 1 is 1.10 bits per heavy atom. The Hall–Kier alpha value is -2.27. The third-order valence-electron chi connectivity index (χ3n) is 3.05. The first-order chi connectivity index (χ1) is 10.1. The molecule has 0 radical (unpaired) electrons. The zero-order valence-electron chi connectivity index (χ0n) is 11.4. The number of rotatable bonds is 5. The average molecular weight is 290 g/mol. The molecule has 0 saturated heterocycles. The highest BCUT2D eigenvalue weighted by Gasteiger charge is 2.11. The Bertz CT molecular complexity index is 627. The Morgan fingerprint density at radius 3 is 2.48 bits per heavy atom. The normalized spacial score (nSPS) is 10.4. The minimum absolute atomic E-state index is 0.0345. The molecule has 0 heterocycles. The molecule has 0 spiro atoms. The van der Waals surface area contributed by atoms with Crippen molar-refractivity contribution in [3.05, 3.63) is 65.2 Å². The fourth-order valence-corrected chi connectivity index (χ4v) is 1.98. The van der Waals surface area contributed by atoms with Crippen LogP contribution in [-0.2, 0) is 17.6 Å². The molecule has 0 bridgehead atoms. The van der Waals surface area contributed by atoms with E-state index in [-0.39, 0.29) is 12.0 Å². The molecular formula is C16H16F2N2O. The molecule has 2 aromatic rings. The highest BCUT2D eigenvalue weighted by Crippen LogP contribution is 2.14. The molecule has 0 aliphatic rings. The van der Waals surface area contributed by atoms with Crippen molar-refractivity contribution < 1.29 is 13.6 Å². The van der Waals surface area contributed by atoms with Crippen molar-refractivity contribution in [3.63, 3.8) is 0 Å². The fourth-order valence-electron chi connectivity index (χ4n) is 1.98. The van der Waals surface area contributed by atoms with Crippen molar-refractivity contribution in [2.24, 2.45) is 5.73 Å². The van der Waals surface area contributed by atoms with Crippen molar-refractivity contribution in [2.75, 3.05) is 11.9 Å². The molecule has 0 aliphatic heterocycles. The minimum Gasteiger partial charge on any atom is -0.330 e. The van der Waals surface area contributed by atoms with Crippen molar-refractivity contribution in [1.29, 1.82) is 0 Å². The summed E-state index contributed by atoms with van der Waals surface area (Å²) in [5.74, 6) is -2.33. The number of halogens is 2. The SMILES string of the molecule is NCCc1ccc(NC(=O)Cc2cccc(F)c2F)cc1. The molecular weight excluding hydrogens is 274 g/mol. The smallest absolute Gasteiger partial charge is 0.228 e. The molecule has 110 valence electrons. The van der Waals surface area contributed by atoms with Crippen LogP contribution in [0.15, 0.2) is 42.5 Å². The molecule has 0 aliphatic carbocycles. The maximum atomic E-state index is 13.5. The largest absolute Gasteiger partial charge is 0.330 e. The zero-order valence-corrected chi connectivity index (χ0v) is 11.4. The van der Waals surface area contributed by atoms with Crippen LogP contribution in [0.3, 0.4) is 0 Å². The summed E-state index contributed by atoms with van der Waals surface area (Å²) in [7, 11) is 0. The van der Waals surface area contributed by atoms with Crippen LogP contribution in [0, 0.1) is 11.6 Å². The first kappa shape index (κ1) is 15.1. The first-order valence-corrected chi connectivity index (χ1v) is 6.62. The van der Waals surface area contributed by atoms with Crippen molar-refractivity contribution in [2.45, 2.75) is 12.8 Å². The van der Waals surface area contributed by atoms with E-state index >= 15 is 0 Å². The van der Waals surface area contributed by atoms with Crippen LogP contribution >= 0.6 is 0 Å². The van der Waals surface area contributed by atoms with E-state index in [2.05, 4.69) is 5.32 Å². The summed E-state index contributed by atoms with van der Waals surface area (Å²) in [6.07, 6.45) is 0.552. The van der Waals surface area contributed by atoms with Crippen LogP contribution in [0.2, 0.25) is 0 Å². The summed E-state index contributed by atoms with van der Waals surface area (Å²) in [6, 6.07) is 11.0. The van der Waals surface area contributed by atoms with Crippen LogP contribution in [0.4, 0.5) is 14.5 Å². The molecule has 0 fully saturated rings. The van der Waals surface area contributed by atoms with Crippen LogP contribution < -0.4 is 11.1 Å². The van der Waals surface area contributed by atoms with Crippen LogP contribution in [-0.4, -0.2) is 12.5 Å². The van der Waals surface area contributed by atoms with Gasteiger partial charge in [-0.15, -0.1) is 0 Å². The Kier molecular flexibility index (Phi) is 5.00. The summed E-state index contributed by atoms with van der Waals surface area (Å²) in [4.78, 5) is 11.8. The van der Waals surface area contributed by atoms with Crippen LogP contribution in [0.5, 0.6) is 0 Å². The molecule has 2 aromatic carbocycles. The number of carbonyl (C=O) groups is 1. The molecule has 0 saturated carbocycles. The molecule has 3 nitrogen and oxygen atoms in total. The lowest BCUT2D eigenvalue weighted by molar-refractivity contribution is -0.115. The minimum atomic E-state index is -0.981. The second-order valence-corrected chi connectivity index (χ2v) is 4.67. The monoisotopic (exact) mass is 290 g/mol. The number of amides is 1. The molecule has 21 heavy (non-hydrogen) atoms. The number of anilines is 1. The predicted molar refractivity (Wildman–Crippen MR) is 77.9 cm³/mol. The number of hydrogen-bond acceptors (Lipinski definition) is 2. The van der Waals surface area contributed by atoms with Crippen molar-refractivity contribution >= 4 is 11.6 Å². The van der Waals surface area contributed by atoms with Gasteiger partial charge in [0.25, 0.3) is 0 Å². The molecule has 1 amide bonds. The van der Waals surface area contributed by atoms with E-state index in [0.29, 0.717) is 12.2 Å². The number of carbonyl (C=O) groups excluding carboxylic acids is 1. The molecule has 0 aromatic heterocycles. The van der Waals surface area contributed by atoms with Gasteiger partial charge in [0.1, 0.15) is 0 Å². The van der Waals surface area contributed by atoms with Gasteiger partial charge >= 0.3 is 0 Å². The molecule has 5 heteroatoms. The summed E-state index contributed by atoms with van der Waals surface area (Å²) >= 11 is 0. The lowest BCUT2D eigenvalue weighted by Gasteiger charge is -2.07. The van der Waals surface area contributed by atoms with Crippen LogP contribution in [0.1, 0.15) is 11.1 Å². The van der Waals surface area contributed by atoms with Gasteiger partial charge in [-0.3, -0.25) is 4.79 Å². The van der Waals surface area contributed by atoms with E-state index in [1.807, 2.05) is 12.1 Å². The lowest BCUT2D eigenvalue weighted by atomic mass is 10.1. The van der Waals surface area contributed by atoms with Gasteiger partial charge < -0.3 is 11.1 Å². The van der Waals surface area contributed by atoms with Crippen molar-refractivity contribution in [1.82, 2.24) is 0 Å². The Morgan fingerprint density at radius 2 is 1.81 bits per heavy atom. The Labute approximate surface area is 121 Å². The zero-order chi connectivity index (χ0) is 15.2. The predicted octanol–water partition coefficient (Wildman–Crippen LogP) is 2.65. The second kappa shape index (κ2) is 6.95. The second-order valence-electron chi connectivity index (χ2n) is 4.67. The quantitative estimate of drug-likeness (QED) is 0.889. The summed E-state index contributed by atoms with van der Waals surface area (Å²) in [5, 5.41) is 2.65. The third kappa shape index (κ3) is 4.10. The van der Waals surface area contributed by atoms with E-state index in [0.717, 1.165) is 18.1 Å². The fraction of sp³-hybridized carbons (Fsp3) is 0.188. The number of hydrogen-bond donors (Lipinski definition) is 2. The summed E-state index contributed by atoms with van der Waals surface area (Å²) in [5.41, 5.74) is 7.17. The maximum absolute atomic E-state index is 13.5. The highest BCUT2D eigenvalue weighted by atomic mass is 19.2. The third-order valence-corrected chi connectivity index (χ3v) is 3.05. The average Bonchev–Trinajstić information content (AvgIpc) is 2.46. The molecule has 2 rings (SSSR count). The topological polar surface area (TPSA) is 55.1 Å². The highest BCUT2D eigenvalue weighted by molar-refractivity contribution is 5.92. The van der Waals surface area contributed by atoms with Crippen molar-refractivity contribution in [3.8, 4) is 0 Å².